The van der Waals surface area contributed by atoms with Crippen LogP contribution in [0, 0.1) is 6.92 Å². The molecule has 0 amide bonds. The fourth-order valence-corrected chi connectivity index (χ4v) is 4.22. The van der Waals surface area contributed by atoms with Crippen LogP contribution in [0.4, 0.5) is 5.69 Å². The Morgan fingerprint density at radius 3 is 2.56 bits per heavy atom. The monoisotopic (exact) mass is 377 g/mol. The number of benzene rings is 2. The topological polar surface area (TPSA) is 63.5 Å². The third-order valence-electron chi connectivity index (χ3n) is 4.36. The number of rotatable bonds is 5. The number of imidazole rings is 1. The number of pyridine rings is 1. The molecule has 136 valence electrons. The van der Waals surface area contributed by atoms with Crippen molar-refractivity contribution in [2.45, 2.75) is 12.7 Å². The van der Waals surface area contributed by atoms with Crippen molar-refractivity contribution in [2.24, 2.45) is 0 Å². The summed E-state index contributed by atoms with van der Waals surface area (Å²) in [4.78, 5) is 4.60. The minimum absolute atomic E-state index is 0.0636. The van der Waals surface area contributed by atoms with Crippen molar-refractivity contribution in [1.82, 2.24) is 9.38 Å². The Bertz CT molecular complexity index is 1170. The highest BCUT2D eigenvalue weighted by Gasteiger charge is 2.14. The van der Waals surface area contributed by atoms with E-state index in [1.165, 1.54) is 0 Å². The molecule has 0 saturated carbocycles. The van der Waals surface area contributed by atoms with Crippen molar-refractivity contribution in [1.29, 1.82) is 0 Å². The fourth-order valence-electron chi connectivity index (χ4n) is 2.96. The molecule has 4 aromatic rings. The van der Waals surface area contributed by atoms with Gasteiger partial charge in [-0.2, -0.15) is 0 Å². The smallest absolute Gasteiger partial charge is 0.236 e. The van der Waals surface area contributed by atoms with E-state index in [4.69, 9.17) is 0 Å². The van der Waals surface area contributed by atoms with E-state index in [0.29, 0.717) is 5.69 Å². The molecule has 2 heterocycles. The molecule has 0 radical (unpaired) electrons. The first-order chi connectivity index (χ1) is 13.0. The minimum Gasteiger partial charge on any atom is -0.306 e. The van der Waals surface area contributed by atoms with Crippen LogP contribution in [-0.4, -0.2) is 17.8 Å². The number of fused-ring (bicyclic) bond motifs is 1. The Morgan fingerprint density at radius 2 is 1.78 bits per heavy atom. The minimum atomic E-state index is -3.51. The Hall–Kier alpha value is -3.12. The van der Waals surface area contributed by atoms with Gasteiger partial charge in [-0.25, -0.2) is 13.4 Å². The van der Waals surface area contributed by atoms with Crippen molar-refractivity contribution < 1.29 is 8.42 Å². The highest BCUT2D eigenvalue weighted by atomic mass is 32.2. The molecule has 1 N–H and O–H groups in total. The van der Waals surface area contributed by atoms with E-state index < -0.39 is 10.0 Å². The zero-order valence-electron chi connectivity index (χ0n) is 14.8. The summed E-state index contributed by atoms with van der Waals surface area (Å²) in [5.74, 6) is -0.0636. The third kappa shape index (κ3) is 3.85. The van der Waals surface area contributed by atoms with Crippen LogP contribution >= 0.6 is 0 Å². The number of anilines is 1. The van der Waals surface area contributed by atoms with Crippen LogP contribution in [0.3, 0.4) is 0 Å². The van der Waals surface area contributed by atoms with Gasteiger partial charge in [0.2, 0.25) is 10.0 Å². The van der Waals surface area contributed by atoms with Gasteiger partial charge in [0.1, 0.15) is 5.65 Å². The number of nitrogens with zero attached hydrogens (tertiary/aromatic N) is 2. The summed E-state index contributed by atoms with van der Waals surface area (Å²) in [5.41, 5.74) is 4.68. The number of nitrogens with one attached hydrogen (secondary N) is 1. The van der Waals surface area contributed by atoms with Crippen LogP contribution in [0.5, 0.6) is 0 Å². The molecule has 0 saturated heterocycles. The highest BCUT2D eigenvalue weighted by Crippen LogP contribution is 2.26. The lowest BCUT2D eigenvalue weighted by Gasteiger charge is -2.12. The summed E-state index contributed by atoms with van der Waals surface area (Å²) in [5, 5.41) is 0. The van der Waals surface area contributed by atoms with Gasteiger partial charge in [-0.15, -0.1) is 0 Å². The second-order valence-corrected chi connectivity index (χ2v) is 8.19. The molecule has 2 aromatic heterocycles. The molecular weight excluding hydrogens is 358 g/mol. The molecule has 0 fully saturated rings. The van der Waals surface area contributed by atoms with E-state index in [2.05, 4.69) is 9.71 Å². The molecule has 2 aromatic carbocycles. The van der Waals surface area contributed by atoms with E-state index in [0.717, 1.165) is 28.0 Å². The summed E-state index contributed by atoms with van der Waals surface area (Å²) in [6, 6.07) is 20.6. The van der Waals surface area contributed by atoms with Crippen LogP contribution in [0.2, 0.25) is 0 Å². The van der Waals surface area contributed by atoms with Crippen LogP contribution in [0.1, 0.15) is 11.1 Å². The van der Waals surface area contributed by atoms with Gasteiger partial charge in [0.25, 0.3) is 0 Å². The first-order valence-electron chi connectivity index (χ1n) is 8.59. The SMILES string of the molecule is Cc1ccc(-c2cn3ccccc3n2)cc1NS(=O)(=O)Cc1ccccc1. The first-order valence-corrected chi connectivity index (χ1v) is 10.2. The van der Waals surface area contributed by atoms with Crippen molar-refractivity contribution in [2.75, 3.05) is 4.72 Å². The third-order valence-corrected chi connectivity index (χ3v) is 5.61. The van der Waals surface area contributed by atoms with Crippen molar-refractivity contribution in [3.05, 3.63) is 90.3 Å². The summed E-state index contributed by atoms with van der Waals surface area (Å²) < 4.78 is 29.8. The molecule has 4 rings (SSSR count). The molecule has 0 aliphatic heterocycles. The number of aromatic nitrogens is 2. The van der Waals surface area contributed by atoms with Gasteiger partial charge in [0, 0.05) is 18.0 Å². The maximum atomic E-state index is 12.6. The van der Waals surface area contributed by atoms with Crippen LogP contribution in [0.15, 0.2) is 79.1 Å². The lowest BCUT2D eigenvalue weighted by Crippen LogP contribution is -2.15. The van der Waals surface area contributed by atoms with Gasteiger partial charge in [0.05, 0.1) is 17.1 Å². The standard InChI is InChI=1S/C21H19N3O2S/c1-16-10-11-18(20-14-24-12-6-5-9-21(24)22-20)13-19(16)23-27(25,26)15-17-7-3-2-4-8-17/h2-14,23H,15H2,1H3. The molecule has 0 spiro atoms. The van der Waals surface area contributed by atoms with E-state index in [1.807, 2.05) is 78.3 Å². The van der Waals surface area contributed by atoms with Gasteiger partial charge in [-0.05, 0) is 36.2 Å². The molecule has 6 heteroatoms. The van der Waals surface area contributed by atoms with Crippen molar-refractivity contribution in [3.63, 3.8) is 0 Å². The molecule has 0 atom stereocenters. The molecule has 5 nitrogen and oxygen atoms in total. The summed E-state index contributed by atoms with van der Waals surface area (Å²) in [6.07, 6.45) is 3.87. The lowest BCUT2D eigenvalue weighted by atomic mass is 10.1. The maximum absolute atomic E-state index is 12.6. The van der Waals surface area contributed by atoms with Gasteiger partial charge in [-0.1, -0.05) is 48.5 Å². The second-order valence-electron chi connectivity index (χ2n) is 6.47. The molecule has 0 bridgehead atoms. The highest BCUT2D eigenvalue weighted by molar-refractivity contribution is 7.91. The number of hydrogen-bond donors (Lipinski definition) is 1. The molecule has 0 unspecified atom stereocenters. The van der Waals surface area contributed by atoms with E-state index >= 15 is 0 Å². The molecule has 0 aliphatic carbocycles. The Labute approximate surface area is 158 Å². The van der Waals surface area contributed by atoms with Crippen LogP contribution in [0.25, 0.3) is 16.9 Å². The molecular formula is C21H19N3O2S. The van der Waals surface area contributed by atoms with Crippen LogP contribution < -0.4 is 4.72 Å². The number of aryl methyl sites for hydroxylation is 1. The molecule has 27 heavy (non-hydrogen) atoms. The van der Waals surface area contributed by atoms with Crippen LogP contribution in [-0.2, 0) is 15.8 Å². The predicted molar refractivity (Wildman–Crippen MR) is 108 cm³/mol. The van der Waals surface area contributed by atoms with E-state index in [1.54, 1.807) is 12.1 Å². The summed E-state index contributed by atoms with van der Waals surface area (Å²) in [6.45, 7) is 1.88. The Kier molecular flexibility index (Phi) is 4.41. The van der Waals surface area contributed by atoms with Crippen molar-refractivity contribution in [3.8, 4) is 11.3 Å². The van der Waals surface area contributed by atoms with E-state index in [9.17, 15) is 8.42 Å². The zero-order chi connectivity index (χ0) is 18.9. The molecule has 0 aliphatic rings. The Morgan fingerprint density at radius 1 is 1.00 bits per heavy atom. The summed E-state index contributed by atoms with van der Waals surface area (Å²) in [7, 11) is -3.51. The van der Waals surface area contributed by atoms with Gasteiger partial charge < -0.3 is 4.40 Å². The maximum Gasteiger partial charge on any atom is 0.236 e. The Balaban J connectivity index is 1.64. The average molecular weight is 377 g/mol. The van der Waals surface area contributed by atoms with Gasteiger partial charge >= 0.3 is 0 Å². The second kappa shape index (κ2) is 6.89. The fraction of sp³-hybridized carbons (Fsp3) is 0.0952. The quantitative estimate of drug-likeness (QED) is 0.565. The average Bonchev–Trinajstić information content (AvgIpc) is 3.08. The lowest BCUT2D eigenvalue weighted by molar-refractivity contribution is 0.600. The normalized spacial score (nSPS) is 11.6. The zero-order valence-corrected chi connectivity index (χ0v) is 15.6. The first kappa shape index (κ1) is 17.3. The predicted octanol–water partition coefficient (Wildman–Crippen LogP) is 4.25. The number of hydrogen-bond acceptors (Lipinski definition) is 3. The van der Waals surface area contributed by atoms with Gasteiger partial charge in [0.15, 0.2) is 0 Å². The number of sulfonamides is 1. The van der Waals surface area contributed by atoms with E-state index in [-0.39, 0.29) is 5.75 Å². The van der Waals surface area contributed by atoms with Crippen molar-refractivity contribution >= 4 is 21.4 Å². The van der Waals surface area contributed by atoms with Gasteiger partial charge in [-0.3, -0.25) is 4.72 Å². The summed E-state index contributed by atoms with van der Waals surface area (Å²) >= 11 is 0. The largest absolute Gasteiger partial charge is 0.306 e.